The second-order valence-electron chi connectivity index (χ2n) is 5.58. The molecular weight excluding hydrogens is 280 g/mol. The van der Waals surface area contributed by atoms with Gasteiger partial charge in [-0.2, -0.15) is 0 Å². The van der Waals surface area contributed by atoms with E-state index in [2.05, 4.69) is 15.3 Å². The number of hydrogen-bond donors (Lipinski definition) is 1. The van der Waals surface area contributed by atoms with Gasteiger partial charge in [0.05, 0.1) is 5.69 Å². The summed E-state index contributed by atoms with van der Waals surface area (Å²) >= 11 is 0. The molecule has 2 aromatic rings. The van der Waals surface area contributed by atoms with Gasteiger partial charge in [-0.25, -0.2) is 9.97 Å². The van der Waals surface area contributed by atoms with E-state index in [0.29, 0.717) is 24.0 Å². The zero-order valence-corrected chi connectivity index (χ0v) is 13.4. The number of aromatic nitrogens is 3. The fraction of sp³-hybridized carbons (Fsp3) is 0.438. The quantitative estimate of drug-likeness (QED) is 0.890. The van der Waals surface area contributed by atoms with Gasteiger partial charge in [-0.05, 0) is 31.9 Å². The average molecular weight is 302 g/mol. The zero-order valence-electron chi connectivity index (χ0n) is 13.4. The first-order chi connectivity index (χ1) is 10.5. The number of nitrogens with one attached hydrogen (secondary N) is 1. The summed E-state index contributed by atoms with van der Waals surface area (Å²) in [6, 6.07) is 3.60. The Labute approximate surface area is 130 Å². The van der Waals surface area contributed by atoms with Crippen molar-refractivity contribution >= 4 is 11.6 Å². The molecule has 0 saturated carbocycles. The summed E-state index contributed by atoms with van der Waals surface area (Å²) in [5.41, 5.74) is 0.633. The third-order valence-corrected chi connectivity index (χ3v) is 3.15. The summed E-state index contributed by atoms with van der Waals surface area (Å²) in [4.78, 5) is 20.8. The number of pyridine rings is 1. The van der Waals surface area contributed by atoms with E-state index < -0.39 is 6.10 Å². The van der Waals surface area contributed by atoms with Gasteiger partial charge < -0.3 is 10.1 Å². The van der Waals surface area contributed by atoms with E-state index in [1.807, 2.05) is 37.6 Å². The van der Waals surface area contributed by atoms with Crippen molar-refractivity contribution in [3.8, 4) is 5.82 Å². The molecule has 0 radical (unpaired) electrons. The first-order valence-corrected chi connectivity index (χ1v) is 7.37. The van der Waals surface area contributed by atoms with Crippen LogP contribution in [0.25, 0.3) is 5.82 Å². The largest absolute Gasteiger partial charge is 0.368 e. The summed E-state index contributed by atoms with van der Waals surface area (Å²) < 4.78 is 7.37. The molecule has 1 amide bonds. The zero-order chi connectivity index (χ0) is 16.1. The standard InChI is InChI=1S/C16H22N4O2/c1-11(2)10-22-12(3)16(21)19-14-6-5-7-18-15(14)20-9-8-17-13(20)4/h5-9,11-12H,10H2,1-4H3,(H,19,21)/t12-/m0/s1. The van der Waals surface area contributed by atoms with Crippen LogP contribution in [-0.4, -0.2) is 33.2 Å². The monoisotopic (exact) mass is 302 g/mol. The van der Waals surface area contributed by atoms with E-state index in [-0.39, 0.29) is 5.91 Å². The Morgan fingerprint density at radius 1 is 1.32 bits per heavy atom. The van der Waals surface area contributed by atoms with Crippen LogP contribution in [0.2, 0.25) is 0 Å². The molecule has 2 heterocycles. The van der Waals surface area contributed by atoms with E-state index in [1.54, 1.807) is 25.4 Å². The van der Waals surface area contributed by atoms with Crippen molar-refractivity contribution in [3.63, 3.8) is 0 Å². The highest BCUT2D eigenvalue weighted by Crippen LogP contribution is 2.19. The maximum Gasteiger partial charge on any atom is 0.253 e. The minimum Gasteiger partial charge on any atom is -0.368 e. The Morgan fingerprint density at radius 3 is 2.73 bits per heavy atom. The number of carbonyl (C=O) groups is 1. The Bertz CT molecular complexity index is 637. The van der Waals surface area contributed by atoms with Gasteiger partial charge in [0.1, 0.15) is 11.9 Å². The fourth-order valence-corrected chi connectivity index (χ4v) is 1.94. The van der Waals surface area contributed by atoms with Gasteiger partial charge >= 0.3 is 0 Å². The fourth-order valence-electron chi connectivity index (χ4n) is 1.94. The number of carbonyl (C=O) groups excluding carboxylic acids is 1. The van der Waals surface area contributed by atoms with Crippen LogP contribution in [0.3, 0.4) is 0 Å². The Morgan fingerprint density at radius 2 is 2.09 bits per heavy atom. The lowest BCUT2D eigenvalue weighted by Crippen LogP contribution is -2.29. The van der Waals surface area contributed by atoms with Crippen molar-refractivity contribution in [1.82, 2.24) is 14.5 Å². The van der Waals surface area contributed by atoms with Crippen LogP contribution in [0.5, 0.6) is 0 Å². The highest BCUT2D eigenvalue weighted by Gasteiger charge is 2.17. The van der Waals surface area contributed by atoms with Gasteiger partial charge in [0, 0.05) is 25.2 Å². The van der Waals surface area contributed by atoms with Crippen molar-refractivity contribution in [1.29, 1.82) is 0 Å². The Balaban J connectivity index is 2.13. The maximum atomic E-state index is 12.2. The van der Waals surface area contributed by atoms with E-state index in [9.17, 15) is 4.79 Å². The van der Waals surface area contributed by atoms with Crippen LogP contribution >= 0.6 is 0 Å². The second kappa shape index (κ2) is 7.17. The van der Waals surface area contributed by atoms with Crippen LogP contribution in [-0.2, 0) is 9.53 Å². The van der Waals surface area contributed by atoms with Crippen LogP contribution < -0.4 is 5.32 Å². The van der Waals surface area contributed by atoms with Crippen molar-refractivity contribution in [2.45, 2.75) is 33.8 Å². The molecule has 0 fully saturated rings. The number of anilines is 1. The predicted molar refractivity (Wildman–Crippen MR) is 85.0 cm³/mol. The minimum absolute atomic E-state index is 0.187. The van der Waals surface area contributed by atoms with Gasteiger partial charge in [-0.15, -0.1) is 0 Å². The maximum absolute atomic E-state index is 12.2. The van der Waals surface area contributed by atoms with Crippen LogP contribution in [0.1, 0.15) is 26.6 Å². The van der Waals surface area contributed by atoms with Crippen molar-refractivity contribution < 1.29 is 9.53 Å². The molecule has 2 rings (SSSR count). The lowest BCUT2D eigenvalue weighted by molar-refractivity contribution is -0.126. The molecule has 0 saturated heterocycles. The van der Waals surface area contributed by atoms with Gasteiger partial charge in [0.15, 0.2) is 5.82 Å². The van der Waals surface area contributed by atoms with Crippen molar-refractivity contribution in [3.05, 3.63) is 36.5 Å². The molecule has 2 aromatic heterocycles. The lowest BCUT2D eigenvalue weighted by Gasteiger charge is -2.16. The lowest BCUT2D eigenvalue weighted by atomic mass is 10.2. The molecule has 22 heavy (non-hydrogen) atoms. The molecule has 0 bridgehead atoms. The van der Waals surface area contributed by atoms with Crippen molar-refractivity contribution in [2.75, 3.05) is 11.9 Å². The first kappa shape index (κ1) is 16.2. The van der Waals surface area contributed by atoms with Crippen LogP contribution in [0, 0.1) is 12.8 Å². The molecule has 0 aromatic carbocycles. The second-order valence-corrected chi connectivity index (χ2v) is 5.58. The number of ether oxygens (including phenoxy) is 1. The summed E-state index contributed by atoms with van der Waals surface area (Å²) in [5, 5.41) is 2.87. The summed E-state index contributed by atoms with van der Waals surface area (Å²) in [6.45, 7) is 8.28. The highest BCUT2D eigenvalue weighted by molar-refractivity contribution is 5.95. The molecule has 0 aliphatic carbocycles. The molecular formula is C16H22N4O2. The smallest absolute Gasteiger partial charge is 0.253 e. The summed E-state index contributed by atoms with van der Waals surface area (Å²) in [5.74, 6) is 1.64. The molecule has 0 aliphatic rings. The number of amides is 1. The number of rotatable bonds is 6. The Hall–Kier alpha value is -2.21. The number of imidazole rings is 1. The molecule has 0 spiro atoms. The van der Waals surface area contributed by atoms with Gasteiger partial charge in [0.25, 0.3) is 5.91 Å². The molecule has 0 aliphatic heterocycles. The molecule has 6 heteroatoms. The SMILES string of the molecule is Cc1nccn1-c1ncccc1NC(=O)[C@H](C)OCC(C)C. The average Bonchev–Trinajstić information content (AvgIpc) is 2.91. The molecule has 6 nitrogen and oxygen atoms in total. The molecule has 118 valence electrons. The topological polar surface area (TPSA) is 69.0 Å². The predicted octanol–water partition coefficient (Wildman–Crippen LogP) is 2.58. The van der Waals surface area contributed by atoms with Gasteiger partial charge in [-0.3, -0.25) is 9.36 Å². The Kier molecular flexibility index (Phi) is 5.27. The van der Waals surface area contributed by atoms with Crippen LogP contribution in [0.15, 0.2) is 30.7 Å². The summed E-state index contributed by atoms with van der Waals surface area (Å²) in [6.07, 6.45) is 4.68. The molecule has 1 atom stereocenters. The number of aryl methyl sites for hydroxylation is 1. The van der Waals surface area contributed by atoms with E-state index in [4.69, 9.17) is 4.74 Å². The van der Waals surface area contributed by atoms with Crippen molar-refractivity contribution in [2.24, 2.45) is 5.92 Å². The van der Waals surface area contributed by atoms with E-state index >= 15 is 0 Å². The first-order valence-electron chi connectivity index (χ1n) is 7.37. The van der Waals surface area contributed by atoms with Gasteiger partial charge in [0.2, 0.25) is 0 Å². The summed E-state index contributed by atoms with van der Waals surface area (Å²) in [7, 11) is 0. The third kappa shape index (κ3) is 3.92. The third-order valence-electron chi connectivity index (χ3n) is 3.15. The normalized spacial score (nSPS) is 12.4. The molecule has 0 unspecified atom stereocenters. The van der Waals surface area contributed by atoms with Gasteiger partial charge in [-0.1, -0.05) is 13.8 Å². The molecule has 1 N–H and O–H groups in total. The minimum atomic E-state index is -0.514. The highest BCUT2D eigenvalue weighted by atomic mass is 16.5. The van der Waals surface area contributed by atoms with E-state index in [1.165, 1.54) is 0 Å². The van der Waals surface area contributed by atoms with E-state index in [0.717, 1.165) is 5.82 Å². The number of hydrogen-bond acceptors (Lipinski definition) is 4. The number of nitrogens with zero attached hydrogens (tertiary/aromatic N) is 3. The van der Waals surface area contributed by atoms with Crippen LogP contribution in [0.4, 0.5) is 5.69 Å².